The van der Waals surface area contributed by atoms with Gasteiger partial charge in [-0.2, -0.15) is 0 Å². The van der Waals surface area contributed by atoms with E-state index in [4.69, 9.17) is 4.52 Å². The standard InChI is InChI=1S/C16H18N4OS/c1-12-10-13(21-18-12)11-19-5-7-20(8-6-19)16-14-3-9-22-15(14)2-4-17-16/h2-4,9-10H,5-8,11H2,1H3. The Bertz CT molecular complexity index is 773. The number of piperazine rings is 1. The van der Waals surface area contributed by atoms with Gasteiger partial charge in [0.25, 0.3) is 0 Å². The summed E-state index contributed by atoms with van der Waals surface area (Å²) in [6, 6.07) is 6.28. The lowest BCUT2D eigenvalue weighted by Crippen LogP contribution is -2.46. The Balaban J connectivity index is 1.44. The highest BCUT2D eigenvalue weighted by Crippen LogP contribution is 2.29. The predicted molar refractivity (Wildman–Crippen MR) is 88.4 cm³/mol. The van der Waals surface area contributed by atoms with Crippen LogP contribution in [0.5, 0.6) is 0 Å². The molecule has 0 aromatic carbocycles. The zero-order valence-electron chi connectivity index (χ0n) is 12.5. The van der Waals surface area contributed by atoms with Crippen LogP contribution in [0.25, 0.3) is 10.1 Å². The van der Waals surface area contributed by atoms with Crippen molar-refractivity contribution >= 4 is 27.2 Å². The quantitative estimate of drug-likeness (QED) is 0.744. The minimum atomic E-state index is 0.838. The first-order chi connectivity index (χ1) is 10.8. The van der Waals surface area contributed by atoms with Gasteiger partial charge in [0.15, 0.2) is 5.76 Å². The Morgan fingerprint density at radius 3 is 2.86 bits per heavy atom. The van der Waals surface area contributed by atoms with Crippen molar-refractivity contribution in [2.45, 2.75) is 13.5 Å². The van der Waals surface area contributed by atoms with Crippen LogP contribution in [-0.4, -0.2) is 41.2 Å². The van der Waals surface area contributed by atoms with Crippen molar-refractivity contribution in [3.8, 4) is 0 Å². The van der Waals surface area contributed by atoms with Crippen LogP contribution in [0, 0.1) is 6.92 Å². The van der Waals surface area contributed by atoms with Crippen molar-refractivity contribution in [1.82, 2.24) is 15.0 Å². The molecule has 3 aromatic rings. The number of aromatic nitrogens is 2. The molecule has 0 saturated carbocycles. The fraction of sp³-hybridized carbons (Fsp3) is 0.375. The Hall–Kier alpha value is -1.92. The van der Waals surface area contributed by atoms with Crippen LogP contribution in [0.2, 0.25) is 0 Å². The normalized spacial score (nSPS) is 16.5. The van der Waals surface area contributed by atoms with Gasteiger partial charge < -0.3 is 9.42 Å². The van der Waals surface area contributed by atoms with E-state index in [1.54, 1.807) is 11.3 Å². The molecule has 0 atom stereocenters. The van der Waals surface area contributed by atoms with Crippen LogP contribution >= 0.6 is 11.3 Å². The van der Waals surface area contributed by atoms with Gasteiger partial charge in [0.1, 0.15) is 5.82 Å². The second-order valence-electron chi connectivity index (χ2n) is 5.66. The Morgan fingerprint density at radius 1 is 1.23 bits per heavy atom. The van der Waals surface area contributed by atoms with Crippen LogP contribution in [0.15, 0.2) is 34.3 Å². The van der Waals surface area contributed by atoms with E-state index in [0.717, 1.165) is 50.0 Å². The number of hydrogen-bond acceptors (Lipinski definition) is 6. The molecule has 0 amide bonds. The Morgan fingerprint density at radius 2 is 2.09 bits per heavy atom. The molecule has 22 heavy (non-hydrogen) atoms. The summed E-state index contributed by atoms with van der Waals surface area (Å²) in [5.74, 6) is 2.07. The van der Waals surface area contributed by atoms with Gasteiger partial charge >= 0.3 is 0 Å². The molecule has 1 aliphatic heterocycles. The lowest BCUT2D eigenvalue weighted by Gasteiger charge is -2.35. The fourth-order valence-electron chi connectivity index (χ4n) is 2.96. The van der Waals surface area contributed by atoms with Gasteiger partial charge in [-0.25, -0.2) is 4.98 Å². The van der Waals surface area contributed by atoms with Crippen molar-refractivity contribution in [3.05, 3.63) is 41.2 Å². The molecular weight excluding hydrogens is 296 g/mol. The molecule has 1 aliphatic rings. The van der Waals surface area contributed by atoms with Crippen molar-refractivity contribution in [1.29, 1.82) is 0 Å². The van der Waals surface area contributed by atoms with Crippen LogP contribution in [0.1, 0.15) is 11.5 Å². The number of anilines is 1. The maximum atomic E-state index is 5.31. The maximum absolute atomic E-state index is 5.31. The second-order valence-corrected chi connectivity index (χ2v) is 6.61. The number of fused-ring (bicyclic) bond motifs is 1. The van der Waals surface area contributed by atoms with Crippen molar-refractivity contribution in [2.75, 3.05) is 31.1 Å². The van der Waals surface area contributed by atoms with Gasteiger partial charge in [0.2, 0.25) is 0 Å². The molecule has 1 saturated heterocycles. The summed E-state index contributed by atoms with van der Waals surface area (Å²) in [6.07, 6.45) is 1.91. The smallest absolute Gasteiger partial charge is 0.150 e. The van der Waals surface area contributed by atoms with E-state index in [2.05, 4.69) is 37.5 Å². The molecule has 0 spiro atoms. The largest absolute Gasteiger partial charge is 0.360 e. The summed E-state index contributed by atoms with van der Waals surface area (Å²) in [6.45, 7) is 6.82. The first-order valence-electron chi connectivity index (χ1n) is 7.51. The first kappa shape index (κ1) is 13.7. The third-order valence-corrected chi connectivity index (χ3v) is 4.97. The van der Waals surface area contributed by atoms with E-state index in [1.807, 2.05) is 19.2 Å². The summed E-state index contributed by atoms with van der Waals surface area (Å²) < 4.78 is 6.62. The van der Waals surface area contributed by atoms with E-state index in [0.29, 0.717) is 0 Å². The van der Waals surface area contributed by atoms with Crippen LogP contribution in [0.4, 0.5) is 5.82 Å². The third kappa shape index (κ3) is 2.60. The highest BCUT2D eigenvalue weighted by atomic mass is 32.1. The Labute approximate surface area is 133 Å². The van der Waals surface area contributed by atoms with E-state index in [-0.39, 0.29) is 0 Å². The molecule has 6 heteroatoms. The zero-order chi connectivity index (χ0) is 14.9. The predicted octanol–water partition coefficient (Wildman–Crippen LogP) is 2.91. The number of aryl methyl sites for hydroxylation is 1. The summed E-state index contributed by atoms with van der Waals surface area (Å²) >= 11 is 1.77. The second kappa shape index (κ2) is 5.70. The SMILES string of the molecule is Cc1cc(CN2CCN(c3nccc4sccc34)CC2)on1. The molecule has 0 N–H and O–H groups in total. The number of pyridine rings is 1. The van der Waals surface area contributed by atoms with Gasteiger partial charge in [-0.1, -0.05) is 5.16 Å². The van der Waals surface area contributed by atoms with E-state index in [1.165, 1.54) is 10.1 Å². The number of nitrogens with zero attached hydrogens (tertiary/aromatic N) is 4. The van der Waals surface area contributed by atoms with E-state index < -0.39 is 0 Å². The summed E-state index contributed by atoms with van der Waals surface area (Å²) in [5, 5.41) is 7.36. The number of hydrogen-bond donors (Lipinski definition) is 0. The molecule has 3 aromatic heterocycles. The number of rotatable bonds is 3. The molecule has 0 radical (unpaired) electrons. The van der Waals surface area contributed by atoms with Crippen molar-refractivity contribution in [3.63, 3.8) is 0 Å². The van der Waals surface area contributed by atoms with Crippen LogP contribution in [0.3, 0.4) is 0 Å². The number of thiophene rings is 1. The molecule has 5 nitrogen and oxygen atoms in total. The van der Waals surface area contributed by atoms with Gasteiger partial charge in [-0.05, 0) is 24.4 Å². The molecular formula is C16H18N4OS. The summed E-state index contributed by atoms with van der Waals surface area (Å²) in [4.78, 5) is 9.39. The summed E-state index contributed by atoms with van der Waals surface area (Å²) in [7, 11) is 0. The van der Waals surface area contributed by atoms with E-state index >= 15 is 0 Å². The third-order valence-electron chi connectivity index (χ3n) is 4.09. The topological polar surface area (TPSA) is 45.4 Å². The van der Waals surface area contributed by atoms with Crippen LogP contribution in [-0.2, 0) is 6.54 Å². The molecule has 4 heterocycles. The fourth-order valence-corrected chi connectivity index (χ4v) is 3.74. The van der Waals surface area contributed by atoms with Gasteiger partial charge in [-0.15, -0.1) is 11.3 Å². The zero-order valence-corrected chi connectivity index (χ0v) is 13.3. The highest BCUT2D eigenvalue weighted by molar-refractivity contribution is 7.17. The van der Waals surface area contributed by atoms with Crippen molar-refractivity contribution in [2.24, 2.45) is 0 Å². The molecule has 0 aliphatic carbocycles. The molecule has 0 bridgehead atoms. The maximum Gasteiger partial charge on any atom is 0.150 e. The van der Waals surface area contributed by atoms with Gasteiger partial charge in [0, 0.05) is 48.5 Å². The first-order valence-corrected chi connectivity index (χ1v) is 8.39. The molecule has 114 valence electrons. The lowest BCUT2D eigenvalue weighted by molar-refractivity contribution is 0.219. The van der Waals surface area contributed by atoms with Gasteiger partial charge in [0.05, 0.1) is 12.2 Å². The van der Waals surface area contributed by atoms with Crippen molar-refractivity contribution < 1.29 is 4.52 Å². The minimum absolute atomic E-state index is 0.838. The average molecular weight is 314 g/mol. The molecule has 4 rings (SSSR count). The monoisotopic (exact) mass is 314 g/mol. The van der Waals surface area contributed by atoms with Gasteiger partial charge in [-0.3, -0.25) is 4.90 Å². The Kier molecular flexibility index (Phi) is 3.56. The average Bonchev–Trinajstić information content (AvgIpc) is 3.16. The lowest BCUT2D eigenvalue weighted by atomic mass is 10.2. The highest BCUT2D eigenvalue weighted by Gasteiger charge is 2.20. The molecule has 0 unspecified atom stereocenters. The van der Waals surface area contributed by atoms with Crippen LogP contribution < -0.4 is 4.90 Å². The van der Waals surface area contributed by atoms with E-state index in [9.17, 15) is 0 Å². The summed E-state index contributed by atoms with van der Waals surface area (Å²) in [5.41, 5.74) is 0.946. The molecule has 1 fully saturated rings. The minimum Gasteiger partial charge on any atom is -0.360 e.